The number of hydrogen-bond donors (Lipinski definition) is 3. The first-order chi connectivity index (χ1) is 21.9. The molecule has 3 fully saturated rings. The lowest BCUT2D eigenvalue weighted by molar-refractivity contribution is -0.146. The number of rotatable bonds is 9. The number of ether oxygens (including phenoxy) is 2. The van der Waals surface area contributed by atoms with E-state index in [1.165, 1.54) is 0 Å². The van der Waals surface area contributed by atoms with Gasteiger partial charge in [0.15, 0.2) is 18.1 Å². The van der Waals surface area contributed by atoms with Crippen molar-refractivity contribution in [2.75, 3.05) is 69.3 Å². The lowest BCUT2D eigenvalue weighted by Crippen LogP contribution is -2.56. The van der Waals surface area contributed by atoms with Crippen molar-refractivity contribution in [3.05, 3.63) is 54.4 Å². The van der Waals surface area contributed by atoms with Crippen molar-refractivity contribution in [1.29, 1.82) is 5.26 Å². The third kappa shape index (κ3) is 6.97. The highest BCUT2D eigenvalue weighted by atomic mass is 19.1. The van der Waals surface area contributed by atoms with Gasteiger partial charge in [0.05, 0.1) is 49.9 Å². The first-order valence-corrected chi connectivity index (χ1v) is 15.0. The molecule has 6 rings (SSSR count). The van der Waals surface area contributed by atoms with E-state index in [2.05, 4.69) is 36.1 Å². The number of carbonyl (C=O) groups is 1. The van der Waals surface area contributed by atoms with Gasteiger partial charge in [0.2, 0.25) is 0 Å². The Bertz CT molecular complexity index is 1530. The number of amides is 1. The molecule has 3 aliphatic rings. The zero-order chi connectivity index (χ0) is 31.3. The molecule has 1 amide bonds. The van der Waals surface area contributed by atoms with Crippen LogP contribution in [0.5, 0.6) is 5.75 Å². The minimum atomic E-state index is -1.58. The molecule has 2 aromatic heterocycles. The van der Waals surface area contributed by atoms with Crippen molar-refractivity contribution in [3.8, 4) is 23.2 Å². The monoisotopic (exact) mass is 618 g/mol. The van der Waals surface area contributed by atoms with Gasteiger partial charge in [0.1, 0.15) is 29.6 Å². The largest absolute Gasteiger partial charge is 0.486 e. The molecule has 3 aromatic rings. The third-order valence-corrected chi connectivity index (χ3v) is 8.34. The zero-order valence-corrected chi connectivity index (χ0v) is 24.6. The number of anilines is 3. The summed E-state index contributed by atoms with van der Waals surface area (Å²) in [7, 11) is 0. The molecule has 0 radical (unpaired) electrons. The minimum Gasteiger partial charge on any atom is -0.486 e. The van der Waals surface area contributed by atoms with Gasteiger partial charge in [-0.1, -0.05) is 0 Å². The zero-order valence-electron chi connectivity index (χ0n) is 24.6. The fourth-order valence-corrected chi connectivity index (χ4v) is 5.64. The van der Waals surface area contributed by atoms with Crippen LogP contribution in [0.15, 0.2) is 48.8 Å². The van der Waals surface area contributed by atoms with Crippen LogP contribution in [0.4, 0.5) is 21.7 Å². The highest BCUT2D eigenvalue weighted by molar-refractivity contribution is 5.81. The van der Waals surface area contributed by atoms with E-state index < -0.39 is 30.9 Å². The second kappa shape index (κ2) is 13.7. The van der Waals surface area contributed by atoms with Crippen LogP contribution in [0, 0.1) is 11.3 Å². The molecular formula is C31H35FN8O5. The Hall–Kier alpha value is -4.42. The number of benzene rings is 1. The van der Waals surface area contributed by atoms with E-state index in [0.29, 0.717) is 23.2 Å². The van der Waals surface area contributed by atoms with E-state index >= 15 is 0 Å². The summed E-state index contributed by atoms with van der Waals surface area (Å²) in [5, 5.41) is 31.6. The number of nitrogens with one attached hydrogen (secondary N) is 1. The fraction of sp³-hybridized carbons (Fsp3) is 0.452. The molecule has 3 N–H and O–H groups in total. The molecule has 3 saturated heterocycles. The smallest absolute Gasteiger partial charge is 0.253 e. The maximum atomic E-state index is 14.9. The summed E-state index contributed by atoms with van der Waals surface area (Å²) in [5.74, 6) is 1.36. The highest BCUT2D eigenvalue weighted by Crippen LogP contribution is 2.29. The van der Waals surface area contributed by atoms with Crippen molar-refractivity contribution >= 4 is 23.2 Å². The number of nitriles is 1. The summed E-state index contributed by atoms with van der Waals surface area (Å²) < 4.78 is 26.1. The molecule has 5 heterocycles. The Balaban J connectivity index is 1.07. The first-order valence-electron chi connectivity index (χ1n) is 15.0. The standard InChI is InChI=1S/C31H35FN8O5/c32-24-16-40(31(43)25(42)17-41)8-6-27(24)45-26-3-1-20(13-21(26)14-33)30-34-7-5-28(37-30)36-22-2-4-29(35-15-22)39-11-9-38(10-12-39)23-18-44-19-23/h1-5,7,13,15,23-25,27,41-42H,6,8-12,16-19H2,(H,34,36,37)/t24-,25+,27+/m1/s1. The molecular weight excluding hydrogens is 583 g/mol. The molecule has 3 aliphatic heterocycles. The van der Waals surface area contributed by atoms with Gasteiger partial charge in [-0.3, -0.25) is 9.69 Å². The number of aliphatic hydroxyl groups excluding tert-OH is 2. The molecule has 0 bridgehead atoms. The van der Waals surface area contributed by atoms with Crippen LogP contribution < -0.4 is 15.0 Å². The predicted molar refractivity (Wildman–Crippen MR) is 162 cm³/mol. The van der Waals surface area contributed by atoms with Crippen molar-refractivity contribution in [1.82, 2.24) is 24.8 Å². The maximum absolute atomic E-state index is 14.9. The van der Waals surface area contributed by atoms with Crippen LogP contribution in [-0.2, 0) is 9.53 Å². The Morgan fingerprint density at radius 3 is 2.64 bits per heavy atom. The maximum Gasteiger partial charge on any atom is 0.253 e. The van der Waals surface area contributed by atoms with Crippen LogP contribution in [0.2, 0.25) is 0 Å². The Labute approximate surface area is 259 Å². The topological polar surface area (TPSA) is 160 Å². The number of aliphatic hydroxyl groups is 2. The van der Waals surface area contributed by atoms with Crippen molar-refractivity contribution < 1.29 is 28.9 Å². The van der Waals surface area contributed by atoms with Gasteiger partial charge in [-0.2, -0.15) is 5.26 Å². The summed E-state index contributed by atoms with van der Waals surface area (Å²) in [6.45, 7) is 4.64. The number of piperazine rings is 1. The Morgan fingerprint density at radius 1 is 1.16 bits per heavy atom. The highest BCUT2D eigenvalue weighted by Gasteiger charge is 2.35. The molecule has 1 aromatic carbocycles. The van der Waals surface area contributed by atoms with Gasteiger partial charge in [0.25, 0.3) is 5.91 Å². The first kappa shape index (κ1) is 30.6. The average Bonchev–Trinajstić information content (AvgIpc) is 3.05. The van der Waals surface area contributed by atoms with E-state index in [1.807, 2.05) is 12.1 Å². The number of likely N-dealkylation sites (tertiary alicyclic amines) is 1. The molecule has 0 spiro atoms. The van der Waals surface area contributed by atoms with Crippen molar-refractivity contribution in [2.24, 2.45) is 0 Å². The van der Waals surface area contributed by atoms with E-state index in [1.54, 1.807) is 36.7 Å². The summed E-state index contributed by atoms with van der Waals surface area (Å²) in [6.07, 6.45) is -0.439. The fourth-order valence-electron chi connectivity index (χ4n) is 5.64. The van der Waals surface area contributed by atoms with Crippen LogP contribution in [-0.4, -0.2) is 124 Å². The molecule has 3 atom stereocenters. The second-order valence-electron chi connectivity index (χ2n) is 11.3. The SMILES string of the molecule is N#Cc1cc(-c2nccc(Nc3ccc(N4CCN(C5COC5)CC4)nc3)n2)ccc1O[C@H]1CCN(C(=O)[C@@H](O)CO)C[C@H]1F. The van der Waals surface area contributed by atoms with E-state index in [-0.39, 0.29) is 30.8 Å². The van der Waals surface area contributed by atoms with Crippen LogP contribution >= 0.6 is 0 Å². The second-order valence-corrected chi connectivity index (χ2v) is 11.3. The number of pyridine rings is 1. The number of hydrogen-bond acceptors (Lipinski definition) is 12. The number of aromatic nitrogens is 3. The lowest BCUT2D eigenvalue weighted by Gasteiger charge is -2.42. The van der Waals surface area contributed by atoms with E-state index in [4.69, 9.17) is 14.6 Å². The molecule has 14 heteroatoms. The summed E-state index contributed by atoms with van der Waals surface area (Å²) in [5.41, 5.74) is 1.55. The normalized spacial score (nSPS) is 21.5. The van der Waals surface area contributed by atoms with Gasteiger partial charge >= 0.3 is 0 Å². The quantitative estimate of drug-likeness (QED) is 0.316. The van der Waals surface area contributed by atoms with E-state index in [0.717, 1.165) is 55.8 Å². The van der Waals surface area contributed by atoms with Gasteiger partial charge in [-0.05, 0) is 36.4 Å². The molecule has 0 saturated carbocycles. The summed E-state index contributed by atoms with van der Waals surface area (Å²) in [6, 6.07) is 13.2. The van der Waals surface area contributed by atoms with E-state index in [9.17, 15) is 19.6 Å². The van der Waals surface area contributed by atoms with Crippen LogP contribution in [0.1, 0.15) is 12.0 Å². The summed E-state index contributed by atoms with van der Waals surface area (Å²) >= 11 is 0. The molecule has 13 nitrogen and oxygen atoms in total. The number of carbonyl (C=O) groups excluding carboxylic acids is 1. The van der Waals surface area contributed by atoms with Crippen LogP contribution in [0.3, 0.4) is 0 Å². The minimum absolute atomic E-state index is 0.153. The molecule has 236 valence electrons. The molecule has 0 aliphatic carbocycles. The molecule has 0 unspecified atom stereocenters. The van der Waals surface area contributed by atoms with Gasteiger partial charge < -0.3 is 34.8 Å². The molecule has 45 heavy (non-hydrogen) atoms. The third-order valence-electron chi connectivity index (χ3n) is 8.34. The van der Waals surface area contributed by atoms with Crippen molar-refractivity contribution in [3.63, 3.8) is 0 Å². The van der Waals surface area contributed by atoms with Gasteiger partial charge in [0, 0.05) is 50.9 Å². The van der Waals surface area contributed by atoms with Crippen molar-refractivity contribution in [2.45, 2.75) is 30.8 Å². The average molecular weight is 619 g/mol. The summed E-state index contributed by atoms with van der Waals surface area (Å²) in [4.78, 5) is 31.6. The Morgan fingerprint density at radius 2 is 1.98 bits per heavy atom. The predicted octanol–water partition coefficient (Wildman–Crippen LogP) is 1.35. The van der Waals surface area contributed by atoms with Gasteiger partial charge in [-0.25, -0.2) is 19.3 Å². The number of halogens is 1. The van der Waals surface area contributed by atoms with Gasteiger partial charge in [-0.15, -0.1) is 0 Å². The number of piperidine rings is 1. The number of nitrogens with zero attached hydrogens (tertiary/aromatic N) is 7. The number of alkyl halides is 1. The lowest BCUT2D eigenvalue weighted by atomic mass is 10.0. The Kier molecular flexibility index (Phi) is 9.31. The van der Waals surface area contributed by atoms with Crippen LogP contribution in [0.25, 0.3) is 11.4 Å².